The van der Waals surface area contributed by atoms with E-state index in [1.807, 2.05) is 25.7 Å². The third-order valence-electron chi connectivity index (χ3n) is 3.42. The van der Waals surface area contributed by atoms with Crippen LogP contribution in [-0.2, 0) is 4.74 Å². The van der Waals surface area contributed by atoms with Crippen molar-refractivity contribution in [3.63, 3.8) is 0 Å². The quantitative estimate of drug-likeness (QED) is 0.838. The van der Waals surface area contributed by atoms with Gasteiger partial charge in [-0.05, 0) is 27.2 Å². The lowest BCUT2D eigenvalue weighted by Crippen LogP contribution is -2.42. The number of rotatable bonds is 2. The fourth-order valence-electron chi connectivity index (χ4n) is 2.33. The van der Waals surface area contributed by atoms with Gasteiger partial charge in [-0.3, -0.25) is 0 Å². The Hall–Kier alpha value is -1.76. The molecule has 2 rings (SSSR count). The Morgan fingerprint density at radius 1 is 1.50 bits per heavy atom. The molecule has 0 bridgehead atoms. The number of nitrogens with zero attached hydrogens (tertiary/aromatic N) is 4. The van der Waals surface area contributed by atoms with Crippen molar-refractivity contribution in [1.82, 2.24) is 14.9 Å². The normalized spacial score (nSPS) is 18.4. The first kappa shape index (κ1) is 16.6. The molecule has 1 aliphatic rings. The predicted molar refractivity (Wildman–Crippen MR) is 86.1 cm³/mol. The number of anilines is 2. The maximum absolute atomic E-state index is 12.1. The fourth-order valence-corrected chi connectivity index (χ4v) is 2.52. The number of carbonyl (C=O) groups excluding carboxylic acids is 1. The van der Waals surface area contributed by atoms with Gasteiger partial charge in [0.1, 0.15) is 16.6 Å². The molecule has 1 aromatic rings. The summed E-state index contributed by atoms with van der Waals surface area (Å²) in [5.41, 5.74) is 5.12. The molecule has 1 saturated heterocycles. The molecule has 0 spiro atoms. The first-order chi connectivity index (χ1) is 10.2. The Labute approximate surface area is 135 Å². The lowest BCUT2D eigenvalue weighted by atomic mass is 10.2. The summed E-state index contributed by atoms with van der Waals surface area (Å²) >= 11 is 5.91. The number of nitrogen functional groups attached to an aromatic ring is 1. The molecule has 2 heterocycles. The third-order valence-corrected chi connectivity index (χ3v) is 3.61. The van der Waals surface area contributed by atoms with E-state index in [0.29, 0.717) is 17.5 Å². The second-order valence-electron chi connectivity index (χ2n) is 6.39. The number of amides is 1. The maximum Gasteiger partial charge on any atom is 0.410 e. The van der Waals surface area contributed by atoms with Crippen molar-refractivity contribution >= 4 is 29.5 Å². The Bertz CT molecular complexity index is 540. The average Bonchev–Trinajstić information content (AvgIpc) is 2.84. The zero-order chi connectivity index (χ0) is 16.5. The maximum atomic E-state index is 12.1. The number of hydrogen-bond donors (Lipinski definition) is 1. The van der Waals surface area contributed by atoms with Crippen molar-refractivity contribution in [3.8, 4) is 0 Å². The Morgan fingerprint density at radius 2 is 2.18 bits per heavy atom. The van der Waals surface area contributed by atoms with Gasteiger partial charge in [0.25, 0.3) is 0 Å². The van der Waals surface area contributed by atoms with Crippen LogP contribution in [0.25, 0.3) is 0 Å². The van der Waals surface area contributed by atoms with Crippen LogP contribution >= 0.6 is 11.6 Å². The van der Waals surface area contributed by atoms with E-state index in [4.69, 9.17) is 22.1 Å². The molecule has 0 aliphatic carbocycles. The molecule has 0 unspecified atom stereocenters. The third kappa shape index (κ3) is 4.13. The minimum Gasteiger partial charge on any atom is -0.444 e. The molecule has 1 atom stereocenters. The van der Waals surface area contributed by atoms with Crippen LogP contribution in [0, 0.1) is 0 Å². The molecule has 122 valence electrons. The monoisotopic (exact) mass is 327 g/mol. The number of carbonyl (C=O) groups is 1. The van der Waals surface area contributed by atoms with E-state index in [1.165, 1.54) is 0 Å². The van der Waals surface area contributed by atoms with E-state index in [2.05, 4.69) is 9.97 Å². The van der Waals surface area contributed by atoms with E-state index in [1.54, 1.807) is 18.0 Å². The summed E-state index contributed by atoms with van der Waals surface area (Å²) in [5.74, 6) is 0.823. The van der Waals surface area contributed by atoms with Gasteiger partial charge >= 0.3 is 6.09 Å². The van der Waals surface area contributed by atoms with Gasteiger partial charge in [0.2, 0.25) is 5.95 Å². The van der Waals surface area contributed by atoms with Crippen molar-refractivity contribution in [2.45, 2.75) is 38.8 Å². The first-order valence-electron chi connectivity index (χ1n) is 7.16. The van der Waals surface area contributed by atoms with E-state index in [0.717, 1.165) is 13.0 Å². The smallest absolute Gasteiger partial charge is 0.410 e. The van der Waals surface area contributed by atoms with Gasteiger partial charge in [-0.15, -0.1) is 0 Å². The lowest BCUT2D eigenvalue weighted by Gasteiger charge is -2.28. The number of aromatic nitrogens is 2. The molecule has 1 aromatic heterocycles. The SMILES string of the molecule is CN(C(=O)OC(C)(C)C)[C@H]1CCN(c2cc(Cl)nc(N)n2)C1. The van der Waals surface area contributed by atoms with Crippen LogP contribution in [0.5, 0.6) is 0 Å². The van der Waals surface area contributed by atoms with Gasteiger partial charge < -0.3 is 20.3 Å². The van der Waals surface area contributed by atoms with Crippen LogP contribution in [0.1, 0.15) is 27.2 Å². The molecule has 0 aromatic carbocycles. The van der Waals surface area contributed by atoms with Crippen molar-refractivity contribution in [2.75, 3.05) is 30.8 Å². The minimum atomic E-state index is -0.502. The second kappa shape index (κ2) is 6.16. The Morgan fingerprint density at radius 3 is 2.77 bits per heavy atom. The molecule has 22 heavy (non-hydrogen) atoms. The van der Waals surface area contributed by atoms with Crippen molar-refractivity contribution < 1.29 is 9.53 Å². The largest absolute Gasteiger partial charge is 0.444 e. The first-order valence-corrected chi connectivity index (χ1v) is 7.54. The standard InChI is InChI=1S/C14H22ClN5O2/c1-14(2,3)22-13(21)19(4)9-5-6-20(8-9)11-7-10(15)17-12(16)18-11/h7,9H,5-6,8H2,1-4H3,(H2,16,17,18)/t9-/m0/s1. The number of nitrogens with two attached hydrogens (primary N) is 1. The number of halogens is 1. The molecule has 8 heteroatoms. The van der Waals surface area contributed by atoms with Gasteiger partial charge in [-0.25, -0.2) is 9.78 Å². The number of hydrogen-bond acceptors (Lipinski definition) is 6. The molecule has 2 N–H and O–H groups in total. The molecular weight excluding hydrogens is 306 g/mol. The second-order valence-corrected chi connectivity index (χ2v) is 6.77. The summed E-state index contributed by atoms with van der Waals surface area (Å²) in [7, 11) is 1.75. The minimum absolute atomic E-state index is 0.0600. The van der Waals surface area contributed by atoms with E-state index >= 15 is 0 Å². The van der Waals surface area contributed by atoms with Crippen LogP contribution in [0.4, 0.5) is 16.6 Å². The highest BCUT2D eigenvalue weighted by molar-refractivity contribution is 6.29. The zero-order valence-electron chi connectivity index (χ0n) is 13.3. The van der Waals surface area contributed by atoms with Crippen LogP contribution in [0.2, 0.25) is 5.15 Å². The van der Waals surface area contributed by atoms with Crippen LogP contribution in [-0.4, -0.2) is 52.7 Å². The molecule has 1 aliphatic heterocycles. The van der Waals surface area contributed by atoms with Crippen molar-refractivity contribution in [2.24, 2.45) is 0 Å². The average molecular weight is 328 g/mol. The summed E-state index contributed by atoms with van der Waals surface area (Å²) in [5, 5.41) is 0.312. The number of ether oxygens (including phenoxy) is 1. The van der Waals surface area contributed by atoms with Gasteiger partial charge in [0.15, 0.2) is 0 Å². The van der Waals surface area contributed by atoms with Gasteiger partial charge in [0, 0.05) is 26.2 Å². The van der Waals surface area contributed by atoms with Crippen LogP contribution in [0.3, 0.4) is 0 Å². The van der Waals surface area contributed by atoms with Gasteiger partial charge in [-0.1, -0.05) is 11.6 Å². The fraction of sp³-hybridized carbons (Fsp3) is 0.643. The van der Waals surface area contributed by atoms with Crippen LogP contribution in [0.15, 0.2) is 6.07 Å². The molecule has 0 radical (unpaired) electrons. The Kier molecular flexibility index (Phi) is 4.65. The summed E-state index contributed by atoms with van der Waals surface area (Å²) in [6.07, 6.45) is 0.511. The molecular formula is C14H22ClN5O2. The molecule has 7 nitrogen and oxygen atoms in total. The summed E-state index contributed by atoms with van der Waals surface area (Å²) in [6, 6.07) is 1.73. The summed E-state index contributed by atoms with van der Waals surface area (Å²) in [6.45, 7) is 6.98. The van der Waals surface area contributed by atoms with Crippen molar-refractivity contribution in [1.29, 1.82) is 0 Å². The predicted octanol–water partition coefficient (Wildman–Crippen LogP) is 2.16. The number of likely N-dealkylation sites (N-methyl/N-ethyl adjacent to an activating group) is 1. The molecule has 1 amide bonds. The highest BCUT2D eigenvalue weighted by Gasteiger charge is 2.31. The van der Waals surface area contributed by atoms with E-state index in [-0.39, 0.29) is 18.1 Å². The topological polar surface area (TPSA) is 84.6 Å². The van der Waals surface area contributed by atoms with E-state index in [9.17, 15) is 4.79 Å². The Balaban J connectivity index is 2.01. The molecule has 1 fully saturated rings. The van der Waals surface area contributed by atoms with Gasteiger partial charge in [0.05, 0.1) is 6.04 Å². The summed E-state index contributed by atoms with van der Waals surface area (Å²) in [4.78, 5) is 23.8. The van der Waals surface area contributed by atoms with Gasteiger partial charge in [-0.2, -0.15) is 4.98 Å². The molecule has 0 saturated carbocycles. The van der Waals surface area contributed by atoms with Crippen LogP contribution < -0.4 is 10.6 Å². The zero-order valence-corrected chi connectivity index (χ0v) is 14.1. The van der Waals surface area contributed by atoms with E-state index < -0.39 is 5.60 Å². The highest BCUT2D eigenvalue weighted by Crippen LogP contribution is 2.24. The van der Waals surface area contributed by atoms with Crippen molar-refractivity contribution in [3.05, 3.63) is 11.2 Å². The highest BCUT2D eigenvalue weighted by atomic mass is 35.5. The lowest BCUT2D eigenvalue weighted by molar-refractivity contribution is 0.0238. The summed E-state index contributed by atoms with van der Waals surface area (Å²) < 4.78 is 5.39.